The zero-order valence-electron chi connectivity index (χ0n) is 10.1. The molecule has 0 radical (unpaired) electrons. The molecule has 1 fully saturated rings. The van der Waals surface area contributed by atoms with Crippen LogP contribution < -0.4 is 0 Å². The van der Waals surface area contributed by atoms with Gasteiger partial charge >= 0.3 is 0 Å². The molecule has 15 heavy (non-hydrogen) atoms. The van der Waals surface area contributed by atoms with E-state index in [1.807, 2.05) is 0 Å². The summed E-state index contributed by atoms with van der Waals surface area (Å²) in [5.41, 5.74) is 1.11. The van der Waals surface area contributed by atoms with Gasteiger partial charge in [-0.15, -0.1) is 0 Å². The molecule has 0 atom stereocenters. The minimum absolute atomic E-state index is 0.404. The van der Waals surface area contributed by atoms with Crippen LogP contribution in [-0.2, 0) is 4.79 Å². The maximum Gasteiger partial charge on any atom is 0.158 e. The lowest BCUT2D eigenvalue weighted by molar-refractivity contribution is -0.114. The van der Waals surface area contributed by atoms with Crippen molar-refractivity contribution in [1.82, 2.24) is 0 Å². The topological polar surface area (TPSA) is 17.1 Å². The molecule has 0 N–H and O–H groups in total. The molecule has 1 rings (SSSR count). The first-order valence-corrected chi connectivity index (χ1v) is 6.57. The van der Waals surface area contributed by atoms with Crippen LogP contribution in [0.15, 0.2) is 11.6 Å². The lowest BCUT2D eigenvalue weighted by Gasteiger charge is -1.98. The largest absolute Gasteiger partial charge is 0.295 e. The van der Waals surface area contributed by atoms with Crippen LogP contribution >= 0.6 is 0 Å². The lowest BCUT2D eigenvalue weighted by atomic mass is 10.1. The summed E-state index contributed by atoms with van der Waals surface area (Å²) in [5.74, 6) is 0.404. The third kappa shape index (κ3) is 5.15. The molecule has 1 aliphatic rings. The van der Waals surface area contributed by atoms with E-state index in [-0.39, 0.29) is 0 Å². The van der Waals surface area contributed by atoms with E-state index in [1.54, 1.807) is 0 Å². The van der Waals surface area contributed by atoms with E-state index in [2.05, 4.69) is 13.0 Å². The number of rotatable bonds is 7. The van der Waals surface area contributed by atoms with E-state index in [9.17, 15) is 4.79 Å². The van der Waals surface area contributed by atoms with Gasteiger partial charge in [0.05, 0.1) is 0 Å². The van der Waals surface area contributed by atoms with Crippen molar-refractivity contribution in [3.05, 3.63) is 11.6 Å². The molecular weight excluding hydrogens is 184 g/mol. The van der Waals surface area contributed by atoms with Crippen molar-refractivity contribution in [1.29, 1.82) is 0 Å². The number of carbonyl (C=O) groups is 1. The van der Waals surface area contributed by atoms with Crippen molar-refractivity contribution in [2.24, 2.45) is 0 Å². The van der Waals surface area contributed by atoms with Crippen molar-refractivity contribution in [3.8, 4) is 0 Å². The SMILES string of the molecule is CCCCCCCC/C=C1\CCCC1=O. The molecule has 0 saturated heterocycles. The predicted octanol–water partition coefficient (Wildman–Crippen LogP) is 4.42. The highest BCUT2D eigenvalue weighted by atomic mass is 16.1. The number of hydrogen-bond acceptors (Lipinski definition) is 1. The zero-order valence-corrected chi connectivity index (χ0v) is 10.1. The number of ketones is 1. The molecule has 0 aromatic heterocycles. The van der Waals surface area contributed by atoms with Crippen LogP contribution in [0, 0.1) is 0 Å². The average molecular weight is 208 g/mol. The van der Waals surface area contributed by atoms with Gasteiger partial charge in [0.2, 0.25) is 0 Å². The van der Waals surface area contributed by atoms with E-state index in [1.165, 1.54) is 38.5 Å². The first-order valence-electron chi connectivity index (χ1n) is 6.57. The van der Waals surface area contributed by atoms with Gasteiger partial charge in [-0.05, 0) is 31.3 Å². The van der Waals surface area contributed by atoms with Crippen molar-refractivity contribution in [2.45, 2.75) is 71.1 Å². The van der Waals surface area contributed by atoms with Crippen molar-refractivity contribution < 1.29 is 4.79 Å². The molecule has 0 unspecified atom stereocenters. The Bertz CT molecular complexity index is 215. The molecule has 0 aromatic rings. The van der Waals surface area contributed by atoms with Gasteiger partial charge in [-0.1, -0.05) is 45.1 Å². The van der Waals surface area contributed by atoms with Crippen molar-refractivity contribution >= 4 is 5.78 Å². The van der Waals surface area contributed by atoms with Crippen LogP contribution in [0.5, 0.6) is 0 Å². The molecule has 1 heteroatoms. The van der Waals surface area contributed by atoms with E-state index >= 15 is 0 Å². The van der Waals surface area contributed by atoms with Crippen LogP contribution in [0.3, 0.4) is 0 Å². The molecule has 0 heterocycles. The molecule has 1 aliphatic carbocycles. The second kappa shape index (κ2) is 7.67. The second-order valence-electron chi connectivity index (χ2n) is 4.56. The first kappa shape index (κ1) is 12.5. The second-order valence-corrected chi connectivity index (χ2v) is 4.56. The molecule has 0 amide bonds. The number of unbranched alkanes of at least 4 members (excludes halogenated alkanes) is 6. The summed E-state index contributed by atoms with van der Waals surface area (Å²) in [6, 6.07) is 0. The van der Waals surface area contributed by atoms with Crippen molar-refractivity contribution in [2.75, 3.05) is 0 Å². The van der Waals surface area contributed by atoms with Gasteiger partial charge in [0.15, 0.2) is 5.78 Å². The number of hydrogen-bond donors (Lipinski definition) is 0. The number of allylic oxidation sites excluding steroid dienone is 2. The normalized spacial score (nSPS) is 19.0. The Morgan fingerprint density at radius 3 is 2.47 bits per heavy atom. The summed E-state index contributed by atoms with van der Waals surface area (Å²) in [5, 5.41) is 0. The zero-order chi connectivity index (χ0) is 10.9. The molecule has 0 aromatic carbocycles. The summed E-state index contributed by atoms with van der Waals surface area (Å²) >= 11 is 0. The van der Waals surface area contributed by atoms with Gasteiger partial charge < -0.3 is 0 Å². The summed E-state index contributed by atoms with van der Waals surface area (Å²) in [6.07, 6.45) is 14.3. The van der Waals surface area contributed by atoms with Crippen LogP contribution in [0.4, 0.5) is 0 Å². The predicted molar refractivity (Wildman–Crippen MR) is 64.9 cm³/mol. The fraction of sp³-hybridized carbons (Fsp3) is 0.786. The summed E-state index contributed by atoms with van der Waals surface area (Å²) < 4.78 is 0. The molecular formula is C14H24O. The minimum Gasteiger partial charge on any atom is -0.295 e. The lowest BCUT2D eigenvalue weighted by Crippen LogP contribution is -1.90. The number of Topliss-reactive ketones (excluding diaryl/α,β-unsaturated/α-hetero) is 1. The monoisotopic (exact) mass is 208 g/mol. The Morgan fingerprint density at radius 2 is 1.80 bits per heavy atom. The Kier molecular flexibility index (Phi) is 6.38. The van der Waals surface area contributed by atoms with Gasteiger partial charge in [-0.2, -0.15) is 0 Å². The highest BCUT2D eigenvalue weighted by Gasteiger charge is 2.15. The summed E-state index contributed by atoms with van der Waals surface area (Å²) in [7, 11) is 0. The molecule has 0 spiro atoms. The Labute approximate surface area is 93.9 Å². The molecule has 86 valence electrons. The Balaban J connectivity index is 1.98. The summed E-state index contributed by atoms with van der Waals surface area (Å²) in [4.78, 5) is 11.3. The van der Waals surface area contributed by atoms with Crippen LogP contribution in [0.1, 0.15) is 71.1 Å². The standard InChI is InChI=1S/C14H24O/c1-2-3-4-5-6-7-8-10-13-11-9-12-14(13)15/h10H,2-9,11-12H2,1H3/b13-10+. The van der Waals surface area contributed by atoms with Gasteiger partial charge in [0, 0.05) is 6.42 Å². The highest BCUT2D eigenvalue weighted by Crippen LogP contribution is 2.21. The first-order chi connectivity index (χ1) is 7.34. The molecule has 1 nitrogen and oxygen atoms in total. The third-order valence-electron chi connectivity index (χ3n) is 3.16. The highest BCUT2D eigenvalue weighted by molar-refractivity contribution is 5.97. The van der Waals surface area contributed by atoms with Gasteiger partial charge in [-0.3, -0.25) is 4.79 Å². The van der Waals surface area contributed by atoms with Crippen LogP contribution in [-0.4, -0.2) is 5.78 Å². The van der Waals surface area contributed by atoms with E-state index in [0.717, 1.165) is 31.3 Å². The molecule has 0 bridgehead atoms. The summed E-state index contributed by atoms with van der Waals surface area (Å²) in [6.45, 7) is 2.25. The van der Waals surface area contributed by atoms with E-state index < -0.39 is 0 Å². The smallest absolute Gasteiger partial charge is 0.158 e. The molecule has 0 aliphatic heterocycles. The average Bonchev–Trinajstić information content (AvgIpc) is 2.63. The Morgan fingerprint density at radius 1 is 1.07 bits per heavy atom. The Hall–Kier alpha value is -0.590. The van der Waals surface area contributed by atoms with Gasteiger partial charge in [0.25, 0.3) is 0 Å². The quantitative estimate of drug-likeness (QED) is 0.447. The maximum absolute atomic E-state index is 11.3. The number of carbonyl (C=O) groups excluding carboxylic acids is 1. The fourth-order valence-electron chi connectivity index (χ4n) is 2.16. The van der Waals surface area contributed by atoms with Gasteiger partial charge in [-0.25, -0.2) is 0 Å². The van der Waals surface area contributed by atoms with E-state index in [4.69, 9.17) is 0 Å². The fourth-order valence-corrected chi connectivity index (χ4v) is 2.16. The maximum atomic E-state index is 11.3. The van der Waals surface area contributed by atoms with Crippen LogP contribution in [0.25, 0.3) is 0 Å². The van der Waals surface area contributed by atoms with Crippen molar-refractivity contribution in [3.63, 3.8) is 0 Å². The third-order valence-corrected chi connectivity index (χ3v) is 3.16. The van der Waals surface area contributed by atoms with Gasteiger partial charge in [0.1, 0.15) is 0 Å². The minimum atomic E-state index is 0.404. The molecule has 1 saturated carbocycles. The van der Waals surface area contributed by atoms with Crippen LogP contribution in [0.2, 0.25) is 0 Å². The van der Waals surface area contributed by atoms with E-state index in [0.29, 0.717) is 5.78 Å².